The minimum atomic E-state index is -3.82. The minimum Gasteiger partial charge on any atom is -0.248 e. The Morgan fingerprint density at radius 3 is 1.00 bits per heavy atom. The summed E-state index contributed by atoms with van der Waals surface area (Å²) in [5, 5.41) is 0. The van der Waals surface area contributed by atoms with Gasteiger partial charge in [0.05, 0.1) is 13.2 Å². The van der Waals surface area contributed by atoms with Crippen molar-refractivity contribution in [2.24, 2.45) is 11.8 Å². The zero-order valence-corrected chi connectivity index (χ0v) is 25.0. The molecule has 0 N–H and O–H groups in total. The van der Waals surface area contributed by atoms with Crippen LogP contribution in [0.15, 0.2) is 0 Å². The van der Waals surface area contributed by atoms with E-state index < -0.39 is 10.4 Å². The highest BCUT2D eigenvalue weighted by Crippen LogP contribution is 2.16. The van der Waals surface area contributed by atoms with Crippen LogP contribution < -0.4 is 0 Å². The third-order valence-corrected chi connectivity index (χ3v) is 8.44. The molecule has 0 saturated heterocycles. The first-order valence-electron chi connectivity index (χ1n) is 15.4. The smallest absolute Gasteiger partial charge is 0.248 e. The molecule has 5 heteroatoms. The highest BCUT2D eigenvalue weighted by atomic mass is 32.3. The minimum absolute atomic E-state index is 0.245. The predicted molar refractivity (Wildman–Crippen MR) is 152 cm³/mol. The summed E-state index contributed by atoms with van der Waals surface area (Å²) in [4.78, 5) is 0. The Bertz CT molecular complexity index is 480. The number of hydrogen-bond acceptors (Lipinski definition) is 4. The van der Waals surface area contributed by atoms with E-state index in [1.165, 1.54) is 103 Å². The molecular formula is C30H62O4S. The van der Waals surface area contributed by atoms with Crippen molar-refractivity contribution in [1.29, 1.82) is 0 Å². The molecule has 0 fully saturated rings. The van der Waals surface area contributed by atoms with E-state index >= 15 is 0 Å². The standard InChI is InChI=1S/C30H62O4S/c1-5-29(3)25-21-17-13-9-7-11-15-19-23-27-33-35(31,32)34-28-24-20-16-12-8-10-14-18-22-26-30(4)6-2/h29-30H,5-28H2,1-4H3. The monoisotopic (exact) mass is 518 g/mol. The SMILES string of the molecule is CCC(C)CCCCCCCCCCCOS(=O)(=O)OCCCCCCCCCCCC(C)CC. The van der Waals surface area contributed by atoms with Crippen LogP contribution in [0.2, 0.25) is 0 Å². The van der Waals surface area contributed by atoms with E-state index in [0.717, 1.165) is 50.4 Å². The Balaban J connectivity index is 3.35. The molecule has 35 heavy (non-hydrogen) atoms. The van der Waals surface area contributed by atoms with Gasteiger partial charge in [0.1, 0.15) is 0 Å². The van der Waals surface area contributed by atoms with Crippen LogP contribution in [-0.4, -0.2) is 21.6 Å². The van der Waals surface area contributed by atoms with Gasteiger partial charge >= 0.3 is 10.4 Å². The van der Waals surface area contributed by atoms with Gasteiger partial charge in [-0.05, 0) is 24.7 Å². The van der Waals surface area contributed by atoms with Gasteiger partial charge in [-0.1, -0.05) is 156 Å². The molecule has 0 aliphatic rings. The normalized spacial score (nSPS) is 13.8. The maximum absolute atomic E-state index is 11.8. The van der Waals surface area contributed by atoms with Crippen LogP contribution in [0.3, 0.4) is 0 Å². The molecular weight excluding hydrogens is 456 g/mol. The summed E-state index contributed by atoms with van der Waals surface area (Å²) >= 11 is 0. The summed E-state index contributed by atoms with van der Waals surface area (Å²) in [5.41, 5.74) is 0. The van der Waals surface area contributed by atoms with Crippen LogP contribution in [0.1, 0.15) is 169 Å². The zero-order chi connectivity index (χ0) is 26.0. The first-order valence-corrected chi connectivity index (χ1v) is 16.8. The van der Waals surface area contributed by atoms with E-state index in [-0.39, 0.29) is 13.2 Å². The fourth-order valence-corrected chi connectivity index (χ4v) is 5.14. The van der Waals surface area contributed by atoms with Crippen molar-refractivity contribution in [3.63, 3.8) is 0 Å². The lowest BCUT2D eigenvalue weighted by molar-refractivity contribution is 0.208. The van der Waals surface area contributed by atoms with Crippen LogP contribution in [0.25, 0.3) is 0 Å². The summed E-state index contributed by atoms with van der Waals surface area (Å²) in [7, 11) is -3.82. The Kier molecular flexibility index (Phi) is 25.4. The van der Waals surface area contributed by atoms with Gasteiger partial charge in [0.15, 0.2) is 0 Å². The fraction of sp³-hybridized carbons (Fsp3) is 1.00. The van der Waals surface area contributed by atoms with Crippen molar-refractivity contribution < 1.29 is 16.8 Å². The molecule has 0 aliphatic carbocycles. The summed E-state index contributed by atoms with van der Waals surface area (Å²) in [6.45, 7) is 9.74. The van der Waals surface area contributed by atoms with Gasteiger partial charge in [-0.3, -0.25) is 0 Å². The Hall–Kier alpha value is -0.130. The molecule has 0 aromatic rings. The van der Waals surface area contributed by atoms with Gasteiger partial charge in [-0.2, -0.15) is 8.42 Å². The average molecular weight is 519 g/mol. The van der Waals surface area contributed by atoms with Gasteiger partial charge in [-0.15, -0.1) is 0 Å². The number of rotatable bonds is 28. The molecule has 0 radical (unpaired) electrons. The lowest BCUT2D eigenvalue weighted by Crippen LogP contribution is -2.12. The average Bonchev–Trinajstić information content (AvgIpc) is 2.84. The van der Waals surface area contributed by atoms with Crippen LogP contribution in [-0.2, 0) is 18.8 Å². The number of hydrogen-bond donors (Lipinski definition) is 0. The number of unbranched alkanes of at least 4 members (excludes halogenated alkanes) is 16. The molecule has 0 aromatic heterocycles. The lowest BCUT2D eigenvalue weighted by Gasteiger charge is -2.08. The highest BCUT2D eigenvalue weighted by Gasteiger charge is 2.11. The maximum Gasteiger partial charge on any atom is 0.399 e. The van der Waals surface area contributed by atoms with Gasteiger partial charge in [0.25, 0.3) is 0 Å². The molecule has 0 rings (SSSR count). The second kappa shape index (κ2) is 25.5. The Labute approximate surface area is 221 Å². The van der Waals surface area contributed by atoms with Gasteiger partial charge in [0.2, 0.25) is 0 Å². The quantitative estimate of drug-likeness (QED) is 0.0966. The summed E-state index contributed by atoms with van der Waals surface area (Å²) in [6.07, 6.45) is 27.3. The van der Waals surface area contributed by atoms with E-state index in [9.17, 15) is 8.42 Å². The first kappa shape index (κ1) is 34.9. The molecule has 0 heterocycles. The fourth-order valence-electron chi connectivity index (χ4n) is 4.43. The molecule has 0 saturated carbocycles. The summed E-state index contributed by atoms with van der Waals surface area (Å²) in [5.74, 6) is 1.76. The van der Waals surface area contributed by atoms with E-state index in [0.29, 0.717) is 0 Å². The molecule has 2 unspecified atom stereocenters. The summed E-state index contributed by atoms with van der Waals surface area (Å²) < 4.78 is 33.6. The van der Waals surface area contributed by atoms with Gasteiger partial charge in [0, 0.05) is 0 Å². The van der Waals surface area contributed by atoms with E-state index in [4.69, 9.17) is 8.37 Å². The van der Waals surface area contributed by atoms with Crippen molar-refractivity contribution in [3.8, 4) is 0 Å². The molecule has 4 nitrogen and oxygen atoms in total. The second-order valence-corrected chi connectivity index (χ2v) is 12.3. The lowest BCUT2D eigenvalue weighted by atomic mass is 9.99. The van der Waals surface area contributed by atoms with Gasteiger partial charge in [-0.25, -0.2) is 8.37 Å². The largest absolute Gasteiger partial charge is 0.399 e. The van der Waals surface area contributed by atoms with Crippen molar-refractivity contribution in [2.75, 3.05) is 13.2 Å². The van der Waals surface area contributed by atoms with Crippen molar-refractivity contribution in [1.82, 2.24) is 0 Å². The molecule has 0 aliphatic heterocycles. The first-order chi connectivity index (χ1) is 16.9. The van der Waals surface area contributed by atoms with E-state index in [1.807, 2.05) is 0 Å². The predicted octanol–water partition coefficient (Wildman–Crippen LogP) is 10.2. The maximum atomic E-state index is 11.8. The molecule has 2 atom stereocenters. The Morgan fingerprint density at radius 2 is 0.714 bits per heavy atom. The van der Waals surface area contributed by atoms with Crippen molar-refractivity contribution >= 4 is 10.4 Å². The molecule has 0 aromatic carbocycles. The third kappa shape index (κ3) is 26.7. The van der Waals surface area contributed by atoms with E-state index in [2.05, 4.69) is 27.7 Å². The van der Waals surface area contributed by atoms with Gasteiger partial charge < -0.3 is 0 Å². The zero-order valence-electron chi connectivity index (χ0n) is 24.2. The van der Waals surface area contributed by atoms with Crippen LogP contribution in [0, 0.1) is 11.8 Å². The van der Waals surface area contributed by atoms with E-state index in [1.54, 1.807) is 0 Å². The summed E-state index contributed by atoms with van der Waals surface area (Å²) in [6, 6.07) is 0. The van der Waals surface area contributed by atoms with Crippen LogP contribution >= 0.6 is 0 Å². The molecule has 212 valence electrons. The van der Waals surface area contributed by atoms with Crippen LogP contribution in [0.4, 0.5) is 0 Å². The molecule has 0 amide bonds. The molecule has 0 bridgehead atoms. The van der Waals surface area contributed by atoms with Crippen molar-refractivity contribution in [3.05, 3.63) is 0 Å². The molecule has 0 spiro atoms. The Morgan fingerprint density at radius 1 is 0.457 bits per heavy atom. The van der Waals surface area contributed by atoms with Crippen molar-refractivity contribution in [2.45, 2.75) is 169 Å². The topological polar surface area (TPSA) is 52.6 Å². The second-order valence-electron chi connectivity index (χ2n) is 11.0. The highest BCUT2D eigenvalue weighted by molar-refractivity contribution is 7.81. The van der Waals surface area contributed by atoms with Crippen LogP contribution in [0.5, 0.6) is 0 Å². The third-order valence-electron chi connectivity index (χ3n) is 7.53.